The molecular formula is C22H28O4. The average Bonchev–Trinajstić information content (AvgIpc) is 2.64. The van der Waals surface area contributed by atoms with Gasteiger partial charge in [0, 0.05) is 0 Å². The highest BCUT2D eigenvalue weighted by Crippen LogP contribution is 2.31. The molecule has 2 aromatic rings. The Morgan fingerprint density at radius 2 is 1.85 bits per heavy atom. The minimum Gasteiger partial charge on any atom is -0.489 e. The van der Waals surface area contributed by atoms with Crippen LogP contribution < -0.4 is 4.74 Å². The van der Waals surface area contributed by atoms with Gasteiger partial charge in [0.2, 0.25) is 0 Å². The van der Waals surface area contributed by atoms with E-state index in [9.17, 15) is 15.0 Å². The van der Waals surface area contributed by atoms with E-state index in [4.69, 9.17) is 4.74 Å². The predicted molar refractivity (Wildman–Crippen MR) is 102 cm³/mol. The van der Waals surface area contributed by atoms with E-state index >= 15 is 0 Å². The molecule has 2 rings (SSSR count). The Morgan fingerprint density at radius 1 is 1.12 bits per heavy atom. The summed E-state index contributed by atoms with van der Waals surface area (Å²) in [5.74, 6) is -1.02. The van der Waals surface area contributed by atoms with Crippen LogP contribution in [0.5, 0.6) is 5.75 Å². The van der Waals surface area contributed by atoms with Crippen LogP contribution in [-0.2, 0) is 11.4 Å². The second kappa shape index (κ2) is 9.97. The van der Waals surface area contributed by atoms with Gasteiger partial charge < -0.3 is 14.9 Å². The number of aliphatic hydroxyl groups is 1. The summed E-state index contributed by atoms with van der Waals surface area (Å²) in [5, 5.41) is 20.1. The van der Waals surface area contributed by atoms with Crippen molar-refractivity contribution >= 4 is 5.97 Å². The van der Waals surface area contributed by atoms with E-state index in [0.29, 0.717) is 24.3 Å². The van der Waals surface area contributed by atoms with Crippen molar-refractivity contribution in [3.63, 3.8) is 0 Å². The van der Waals surface area contributed by atoms with E-state index in [2.05, 4.69) is 6.92 Å². The van der Waals surface area contributed by atoms with E-state index in [1.807, 2.05) is 43.3 Å². The number of unbranched alkanes of at least 4 members (excludes halogenated alkanes) is 2. The van der Waals surface area contributed by atoms with Gasteiger partial charge in [-0.2, -0.15) is 0 Å². The van der Waals surface area contributed by atoms with Crippen LogP contribution in [0.15, 0.2) is 48.5 Å². The van der Waals surface area contributed by atoms with Gasteiger partial charge in [0.15, 0.2) is 0 Å². The van der Waals surface area contributed by atoms with Crippen molar-refractivity contribution in [2.75, 3.05) is 0 Å². The number of hydrogen-bond acceptors (Lipinski definition) is 3. The van der Waals surface area contributed by atoms with E-state index in [0.717, 1.165) is 30.4 Å². The summed E-state index contributed by atoms with van der Waals surface area (Å²) in [6.45, 7) is 4.42. The molecule has 0 amide bonds. The van der Waals surface area contributed by atoms with Crippen LogP contribution in [0.25, 0.3) is 0 Å². The van der Waals surface area contributed by atoms with Crippen LogP contribution in [0.2, 0.25) is 0 Å². The maximum absolute atomic E-state index is 11.6. The van der Waals surface area contributed by atoms with E-state index in [1.165, 1.54) is 0 Å². The van der Waals surface area contributed by atoms with Crippen molar-refractivity contribution in [3.8, 4) is 5.75 Å². The number of carbonyl (C=O) groups is 1. The number of carboxylic acid groups (broad SMARTS) is 1. The lowest BCUT2D eigenvalue weighted by Gasteiger charge is -2.21. The number of carboxylic acids is 1. The van der Waals surface area contributed by atoms with Gasteiger partial charge in [-0.3, -0.25) is 4.79 Å². The third kappa shape index (κ3) is 5.60. The Bertz CT molecular complexity index is 697. The fraction of sp³-hybridized carbons (Fsp3) is 0.409. The topological polar surface area (TPSA) is 66.8 Å². The molecule has 26 heavy (non-hydrogen) atoms. The number of rotatable bonds is 10. The number of benzene rings is 2. The lowest BCUT2D eigenvalue weighted by molar-refractivity contribution is -0.146. The first-order chi connectivity index (χ1) is 12.5. The molecule has 2 aromatic carbocycles. The number of aliphatic carboxylic acids is 1. The zero-order valence-electron chi connectivity index (χ0n) is 15.5. The van der Waals surface area contributed by atoms with Gasteiger partial charge in [0.1, 0.15) is 12.4 Å². The van der Waals surface area contributed by atoms with Crippen LogP contribution in [-0.4, -0.2) is 16.2 Å². The zero-order chi connectivity index (χ0) is 18.9. The summed E-state index contributed by atoms with van der Waals surface area (Å²) in [5.41, 5.74) is 2.57. The van der Waals surface area contributed by atoms with E-state index in [-0.39, 0.29) is 0 Å². The molecule has 0 aromatic heterocycles. The molecule has 2 atom stereocenters. The quantitative estimate of drug-likeness (QED) is 0.595. The monoisotopic (exact) mass is 356 g/mol. The van der Waals surface area contributed by atoms with Crippen LogP contribution >= 0.6 is 0 Å². The van der Waals surface area contributed by atoms with Crippen molar-refractivity contribution in [2.45, 2.75) is 52.2 Å². The maximum Gasteiger partial charge on any atom is 0.309 e. The van der Waals surface area contributed by atoms with Crippen molar-refractivity contribution in [1.82, 2.24) is 0 Å². The highest BCUT2D eigenvalue weighted by atomic mass is 16.5. The third-order valence-electron chi connectivity index (χ3n) is 4.63. The first kappa shape index (κ1) is 20.0. The first-order valence-corrected chi connectivity index (χ1v) is 9.21. The predicted octanol–water partition coefficient (Wildman–Crippen LogP) is 4.89. The Hall–Kier alpha value is -2.33. The molecule has 0 bridgehead atoms. The molecule has 0 aliphatic carbocycles. The molecule has 0 spiro atoms. The summed E-state index contributed by atoms with van der Waals surface area (Å²) in [4.78, 5) is 11.6. The normalized spacial score (nSPS) is 13.2. The zero-order valence-corrected chi connectivity index (χ0v) is 15.5. The largest absolute Gasteiger partial charge is 0.489 e. The fourth-order valence-corrected chi connectivity index (χ4v) is 3.06. The molecule has 140 valence electrons. The minimum absolute atomic E-state index is 0.469. The van der Waals surface area contributed by atoms with Crippen LogP contribution in [0.3, 0.4) is 0 Å². The van der Waals surface area contributed by atoms with Crippen molar-refractivity contribution in [1.29, 1.82) is 0 Å². The summed E-state index contributed by atoms with van der Waals surface area (Å²) >= 11 is 0. The van der Waals surface area contributed by atoms with Gasteiger partial charge >= 0.3 is 5.97 Å². The molecule has 0 aliphatic rings. The van der Waals surface area contributed by atoms with Gasteiger partial charge in [0.25, 0.3) is 0 Å². The summed E-state index contributed by atoms with van der Waals surface area (Å²) in [7, 11) is 0. The smallest absolute Gasteiger partial charge is 0.309 e. The Morgan fingerprint density at radius 3 is 2.46 bits per heavy atom. The van der Waals surface area contributed by atoms with Crippen LogP contribution in [0.1, 0.15) is 55.4 Å². The second-order valence-corrected chi connectivity index (χ2v) is 6.68. The standard InChI is InChI=1S/C22H28O4/c1-3-4-6-11-20(22(24)25)21(23)19-13-12-18(14-16(19)2)26-15-17-9-7-5-8-10-17/h5,7-10,12-14,20-21,23H,3-4,6,11,15H2,1-2H3,(H,24,25). The molecule has 4 nitrogen and oxygen atoms in total. The molecule has 0 fully saturated rings. The lowest BCUT2D eigenvalue weighted by atomic mass is 9.89. The summed E-state index contributed by atoms with van der Waals surface area (Å²) in [6.07, 6.45) is 2.28. The molecule has 0 radical (unpaired) electrons. The third-order valence-corrected chi connectivity index (χ3v) is 4.63. The minimum atomic E-state index is -1.01. The SMILES string of the molecule is CCCCCC(C(=O)O)C(O)c1ccc(OCc2ccccc2)cc1C. The van der Waals surface area contributed by atoms with Crippen LogP contribution in [0, 0.1) is 12.8 Å². The highest BCUT2D eigenvalue weighted by molar-refractivity contribution is 5.71. The van der Waals surface area contributed by atoms with Gasteiger partial charge in [-0.25, -0.2) is 0 Å². The molecule has 0 heterocycles. The highest BCUT2D eigenvalue weighted by Gasteiger charge is 2.28. The van der Waals surface area contributed by atoms with Crippen molar-refractivity contribution < 1.29 is 19.7 Å². The number of ether oxygens (including phenoxy) is 1. The van der Waals surface area contributed by atoms with Gasteiger partial charge in [-0.15, -0.1) is 0 Å². The molecule has 4 heteroatoms. The number of aryl methyl sites for hydroxylation is 1. The molecule has 2 unspecified atom stereocenters. The number of aliphatic hydroxyl groups excluding tert-OH is 1. The van der Waals surface area contributed by atoms with Crippen molar-refractivity contribution in [3.05, 3.63) is 65.2 Å². The molecule has 2 N–H and O–H groups in total. The Labute approximate surface area is 155 Å². The van der Waals surface area contributed by atoms with E-state index in [1.54, 1.807) is 12.1 Å². The number of hydrogen-bond donors (Lipinski definition) is 2. The second-order valence-electron chi connectivity index (χ2n) is 6.68. The Kier molecular flexibility index (Phi) is 7.67. The summed E-state index contributed by atoms with van der Waals surface area (Å²) in [6, 6.07) is 15.3. The molecular weight excluding hydrogens is 328 g/mol. The van der Waals surface area contributed by atoms with Crippen LogP contribution in [0.4, 0.5) is 0 Å². The lowest BCUT2D eigenvalue weighted by Crippen LogP contribution is -2.22. The summed E-state index contributed by atoms with van der Waals surface area (Å²) < 4.78 is 5.80. The molecule has 0 saturated heterocycles. The van der Waals surface area contributed by atoms with Crippen molar-refractivity contribution in [2.24, 2.45) is 5.92 Å². The first-order valence-electron chi connectivity index (χ1n) is 9.21. The van der Waals surface area contributed by atoms with Gasteiger partial charge in [-0.05, 0) is 42.2 Å². The van der Waals surface area contributed by atoms with Gasteiger partial charge in [-0.1, -0.05) is 62.6 Å². The maximum atomic E-state index is 11.6. The Balaban J connectivity index is 2.05. The fourth-order valence-electron chi connectivity index (χ4n) is 3.06. The van der Waals surface area contributed by atoms with Gasteiger partial charge in [0.05, 0.1) is 12.0 Å². The molecule has 0 saturated carbocycles. The molecule has 0 aliphatic heterocycles. The van der Waals surface area contributed by atoms with E-state index < -0.39 is 18.0 Å². The average molecular weight is 356 g/mol.